The lowest BCUT2D eigenvalue weighted by molar-refractivity contribution is 0.295. The van der Waals surface area contributed by atoms with Crippen molar-refractivity contribution in [3.05, 3.63) is 75.4 Å². The van der Waals surface area contributed by atoms with Crippen LogP contribution in [0.2, 0.25) is 10.0 Å². The van der Waals surface area contributed by atoms with Crippen LogP contribution in [-0.2, 0) is 6.54 Å². The van der Waals surface area contributed by atoms with E-state index in [4.69, 9.17) is 23.2 Å². The maximum Gasteiger partial charge on any atom is 0.0650 e. The third kappa shape index (κ3) is 2.84. The molecular weight excluding hydrogens is 341 g/mol. The van der Waals surface area contributed by atoms with Crippen molar-refractivity contribution in [1.29, 1.82) is 0 Å². The normalized spacial score (nSPS) is 17.7. The van der Waals surface area contributed by atoms with E-state index >= 15 is 0 Å². The second kappa shape index (κ2) is 6.25. The molecule has 0 spiro atoms. The number of aromatic nitrogens is 2. The van der Waals surface area contributed by atoms with Crippen LogP contribution in [0.1, 0.15) is 22.6 Å². The van der Waals surface area contributed by atoms with Crippen molar-refractivity contribution < 1.29 is 0 Å². The van der Waals surface area contributed by atoms with E-state index in [0.717, 1.165) is 29.4 Å². The lowest BCUT2D eigenvalue weighted by Gasteiger charge is -2.33. The summed E-state index contributed by atoms with van der Waals surface area (Å²) < 4.78 is 0. The third-order valence-electron chi connectivity index (χ3n) is 4.59. The van der Waals surface area contributed by atoms with E-state index in [1.54, 1.807) is 6.20 Å². The molecular formula is C19H17Cl2N3. The molecule has 1 N–H and O–H groups in total. The Bertz CT molecular complexity index is 874. The summed E-state index contributed by atoms with van der Waals surface area (Å²) in [6, 6.07) is 14.4. The summed E-state index contributed by atoms with van der Waals surface area (Å²) in [5.41, 5.74) is 5.81. The highest BCUT2D eigenvalue weighted by Crippen LogP contribution is 2.39. The molecule has 4 rings (SSSR count). The van der Waals surface area contributed by atoms with E-state index in [0.29, 0.717) is 5.02 Å². The number of hydrogen-bond acceptors (Lipinski definition) is 2. The Balaban J connectivity index is 1.82. The highest BCUT2D eigenvalue weighted by atomic mass is 35.5. The standard InChI is InChI=1S/C19H17Cl2N3/c1-24-10-16(15-8-14(20)9-18(21)17(15)11-24)12-3-2-4-13(7-12)19-5-6-22-23-19/h2-9,16H,10-11H2,1H3,(H,22,23)/t16-/m0/s1. The van der Waals surface area contributed by atoms with Gasteiger partial charge in [0.05, 0.1) is 5.69 Å². The molecule has 1 aromatic heterocycles. The van der Waals surface area contributed by atoms with Gasteiger partial charge in [0.1, 0.15) is 0 Å². The van der Waals surface area contributed by atoms with Crippen LogP contribution >= 0.6 is 23.2 Å². The monoisotopic (exact) mass is 357 g/mol. The zero-order valence-electron chi connectivity index (χ0n) is 13.3. The SMILES string of the molecule is CN1Cc2c(Cl)cc(Cl)cc2[C@H](c2cccc(-c3ccn[nH]3)c2)C1. The summed E-state index contributed by atoms with van der Waals surface area (Å²) in [6.45, 7) is 1.79. The quantitative estimate of drug-likeness (QED) is 0.702. The lowest BCUT2D eigenvalue weighted by atomic mass is 9.84. The van der Waals surface area contributed by atoms with Crippen LogP contribution in [0.3, 0.4) is 0 Å². The van der Waals surface area contributed by atoms with Crippen molar-refractivity contribution in [2.45, 2.75) is 12.5 Å². The molecule has 1 aliphatic heterocycles. The van der Waals surface area contributed by atoms with E-state index < -0.39 is 0 Å². The van der Waals surface area contributed by atoms with Crippen molar-refractivity contribution in [2.24, 2.45) is 0 Å². The van der Waals surface area contributed by atoms with Gasteiger partial charge in [-0.3, -0.25) is 5.10 Å². The van der Waals surface area contributed by atoms with Crippen molar-refractivity contribution in [1.82, 2.24) is 15.1 Å². The van der Waals surface area contributed by atoms with Gasteiger partial charge >= 0.3 is 0 Å². The molecule has 1 atom stereocenters. The Hall–Kier alpha value is -1.81. The summed E-state index contributed by atoms with van der Waals surface area (Å²) in [4.78, 5) is 2.30. The van der Waals surface area contributed by atoms with E-state index in [2.05, 4.69) is 52.5 Å². The van der Waals surface area contributed by atoms with Crippen LogP contribution in [-0.4, -0.2) is 28.7 Å². The number of halogens is 2. The third-order valence-corrected chi connectivity index (χ3v) is 5.15. The Morgan fingerprint density at radius 1 is 1.17 bits per heavy atom. The molecule has 1 aliphatic rings. The minimum atomic E-state index is 0.248. The molecule has 2 aromatic carbocycles. The van der Waals surface area contributed by atoms with Crippen molar-refractivity contribution in [2.75, 3.05) is 13.6 Å². The Morgan fingerprint density at radius 2 is 2.04 bits per heavy atom. The van der Waals surface area contributed by atoms with Gasteiger partial charge in [-0.05, 0) is 53.6 Å². The lowest BCUT2D eigenvalue weighted by Crippen LogP contribution is -2.31. The Kier molecular flexibility index (Phi) is 4.09. The minimum absolute atomic E-state index is 0.248. The number of hydrogen-bond donors (Lipinski definition) is 1. The van der Waals surface area contributed by atoms with Gasteiger partial charge in [0.15, 0.2) is 0 Å². The number of nitrogens with one attached hydrogen (secondary N) is 1. The van der Waals surface area contributed by atoms with Crippen molar-refractivity contribution in [3.8, 4) is 11.3 Å². The summed E-state index contributed by atoms with van der Waals surface area (Å²) in [7, 11) is 2.12. The highest BCUT2D eigenvalue weighted by Gasteiger charge is 2.27. The first kappa shape index (κ1) is 15.7. The van der Waals surface area contributed by atoms with E-state index in [1.165, 1.54) is 16.7 Å². The molecule has 0 amide bonds. The minimum Gasteiger partial charge on any atom is -0.301 e. The van der Waals surface area contributed by atoms with Gasteiger partial charge in [0, 0.05) is 35.2 Å². The molecule has 3 aromatic rings. The molecule has 0 aliphatic carbocycles. The maximum atomic E-state index is 6.45. The molecule has 0 saturated carbocycles. The maximum absolute atomic E-state index is 6.45. The van der Waals surface area contributed by atoms with Crippen LogP contribution in [0, 0.1) is 0 Å². The van der Waals surface area contributed by atoms with E-state index in [1.807, 2.05) is 12.1 Å². The number of nitrogens with zero attached hydrogens (tertiary/aromatic N) is 2. The predicted octanol–water partition coefficient (Wildman–Crippen LogP) is 4.96. The largest absolute Gasteiger partial charge is 0.301 e. The van der Waals surface area contributed by atoms with Gasteiger partial charge in [0.25, 0.3) is 0 Å². The van der Waals surface area contributed by atoms with Gasteiger partial charge in [-0.1, -0.05) is 41.4 Å². The summed E-state index contributed by atoms with van der Waals surface area (Å²) in [5.74, 6) is 0.248. The first-order chi connectivity index (χ1) is 11.6. The average Bonchev–Trinajstić information content (AvgIpc) is 3.10. The van der Waals surface area contributed by atoms with Gasteiger partial charge in [-0.15, -0.1) is 0 Å². The zero-order chi connectivity index (χ0) is 16.7. The number of H-pyrrole nitrogens is 1. The molecule has 0 radical (unpaired) electrons. The number of likely N-dealkylation sites (N-methyl/N-ethyl adjacent to an activating group) is 1. The van der Waals surface area contributed by atoms with Gasteiger partial charge in [-0.2, -0.15) is 5.10 Å². The fourth-order valence-corrected chi connectivity index (χ4v) is 4.04. The van der Waals surface area contributed by atoms with Gasteiger partial charge in [0.2, 0.25) is 0 Å². The van der Waals surface area contributed by atoms with Crippen LogP contribution in [0.5, 0.6) is 0 Å². The van der Waals surface area contributed by atoms with Gasteiger partial charge < -0.3 is 4.90 Å². The molecule has 0 saturated heterocycles. The molecule has 3 nitrogen and oxygen atoms in total. The summed E-state index contributed by atoms with van der Waals surface area (Å²) in [5, 5.41) is 8.51. The van der Waals surface area contributed by atoms with Crippen molar-refractivity contribution >= 4 is 23.2 Å². The fraction of sp³-hybridized carbons (Fsp3) is 0.211. The predicted molar refractivity (Wildman–Crippen MR) is 98.7 cm³/mol. The Labute approximate surface area is 151 Å². The number of benzene rings is 2. The van der Waals surface area contributed by atoms with E-state index in [9.17, 15) is 0 Å². The molecule has 0 fully saturated rings. The van der Waals surface area contributed by atoms with Crippen LogP contribution in [0.15, 0.2) is 48.7 Å². The van der Waals surface area contributed by atoms with Crippen molar-refractivity contribution in [3.63, 3.8) is 0 Å². The number of fused-ring (bicyclic) bond motifs is 1. The molecule has 0 bridgehead atoms. The number of aromatic amines is 1. The average molecular weight is 358 g/mol. The van der Waals surface area contributed by atoms with Crippen LogP contribution in [0.25, 0.3) is 11.3 Å². The summed E-state index contributed by atoms with van der Waals surface area (Å²) in [6.07, 6.45) is 1.77. The smallest absolute Gasteiger partial charge is 0.0650 e. The molecule has 122 valence electrons. The second-order valence-corrected chi connectivity index (χ2v) is 7.14. The fourth-order valence-electron chi connectivity index (χ4n) is 3.47. The zero-order valence-corrected chi connectivity index (χ0v) is 14.8. The van der Waals surface area contributed by atoms with Crippen LogP contribution < -0.4 is 0 Å². The molecule has 2 heterocycles. The highest BCUT2D eigenvalue weighted by molar-refractivity contribution is 6.35. The molecule has 0 unspecified atom stereocenters. The van der Waals surface area contributed by atoms with Crippen LogP contribution in [0.4, 0.5) is 0 Å². The Morgan fingerprint density at radius 3 is 2.83 bits per heavy atom. The summed E-state index contributed by atoms with van der Waals surface area (Å²) >= 11 is 12.7. The molecule has 5 heteroatoms. The first-order valence-electron chi connectivity index (χ1n) is 7.88. The number of rotatable bonds is 2. The first-order valence-corrected chi connectivity index (χ1v) is 8.63. The second-order valence-electron chi connectivity index (χ2n) is 6.30. The molecule has 24 heavy (non-hydrogen) atoms. The van der Waals surface area contributed by atoms with Gasteiger partial charge in [-0.25, -0.2) is 0 Å². The topological polar surface area (TPSA) is 31.9 Å². The van der Waals surface area contributed by atoms with E-state index in [-0.39, 0.29) is 5.92 Å².